The Hall–Kier alpha value is -3.44. The molecule has 0 aliphatic carbocycles. The number of tetrazole rings is 1. The van der Waals surface area contributed by atoms with Crippen molar-refractivity contribution in [1.82, 2.24) is 30.0 Å². The predicted octanol–water partition coefficient (Wildman–Crippen LogP) is 0.938. The summed E-state index contributed by atoms with van der Waals surface area (Å²) in [6, 6.07) is 2.85. The minimum atomic E-state index is -4.52. The first-order valence-corrected chi connectivity index (χ1v) is 9.43. The summed E-state index contributed by atoms with van der Waals surface area (Å²) in [5, 5.41) is 22.5. The molecule has 1 aromatic heterocycles. The summed E-state index contributed by atoms with van der Waals surface area (Å²) in [5.74, 6) is 0.00927. The van der Waals surface area contributed by atoms with Gasteiger partial charge in [-0.2, -0.15) is 18.0 Å². The summed E-state index contributed by atoms with van der Waals surface area (Å²) < 4.78 is 39.5. The van der Waals surface area contributed by atoms with Crippen molar-refractivity contribution in [1.29, 1.82) is 0 Å². The normalized spacial score (nSPS) is 17.4. The predicted molar refractivity (Wildman–Crippen MR) is 100 cm³/mol. The number of hydrogen-bond acceptors (Lipinski definition) is 6. The van der Waals surface area contributed by atoms with Crippen molar-refractivity contribution in [3.05, 3.63) is 46.8 Å². The smallest absolute Gasteiger partial charge is 0.416 e. The van der Waals surface area contributed by atoms with Gasteiger partial charge in [0.1, 0.15) is 6.09 Å². The van der Waals surface area contributed by atoms with E-state index in [2.05, 4.69) is 15.4 Å². The summed E-state index contributed by atoms with van der Waals surface area (Å²) >= 11 is 0. The topological polar surface area (TPSA) is 107 Å². The second-order valence-electron chi connectivity index (χ2n) is 7.20. The number of aromatic nitrogens is 4. The third kappa shape index (κ3) is 5.38. The maximum Gasteiger partial charge on any atom is 0.416 e. The van der Waals surface area contributed by atoms with Crippen LogP contribution in [0.25, 0.3) is 6.08 Å². The number of aryl methyl sites for hydroxylation is 1. The first kappa shape index (κ1) is 22.2. The standard InChI is InChI=1S/C19H21F3N6O3/c1-12-10-26(18(30)31)7-8-27(12)17(29)6-4-14-3-5-16(19(20,21)22)9-15(14)11-28-24-13(2)23-25-28/h3-6,9,12H,7-8,10-11H2,1-2H3,(H,30,31)/p-1. The highest BCUT2D eigenvalue weighted by atomic mass is 19.4. The van der Waals surface area contributed by atoms with Crippen molar-refractivity contribution in [2.24, 2.45) is 0 Å². The van der Waals surface area contributed by atoms with Crippen LogP contribution in [0.1, 0.15) is 29.4 Å². The minimum Gasteiger partial charge on any atom is -0.530 e. The number of alkyl halides is 3. The summed E-state index contributed by atoms with van der Waals surface area (Å²) in [5.41, 5.74) is -0.154. The molecule has 1 aliphatic rings. The number of halogens is 3. The lowest BCUT2D eigenvalue weighted by molar-refractivity contribution is -0.267. The largest absolute Gasteiger partial charge is 0.530 e. The third-order valence-corrected chi connectivity index (χ3v) is 4.91. The van der Waals surface area contributed by atoms with Crippen molar-refractivity contribution < 1.29 is 27.9 Å². The fourth-order valence-electron chi connectivity index (χ4n) is 3.33. The Kier molecular flexibility index (Phi) is 6.27. The van der Waals surface area contributed by atoms with Crippen LogP contribution in [0.3, 0.4) is 0 Å². The van der Waals surface area contributed by atoms with Gasteiger partial charge in [0.05, 0.1) is 12.1 Å². The lowest BCUT2D eigenvalue weighted by Crippen LogP contribution is -2.57. The van der Waals surface area contributed by atoms with Gasteiger partial charge >= 0.3 is 6.18 Å². The molecule has 3 rings (SSSR count). The second-order valence-corrected chi connectivity index (χ2v) is 7.20. The molecule has 2 heterocycles. The van der Waals surface area contributed by atoms with Gasteiger partial charge in [-0.3, -0.25) is 4.79 Å². The molecule has 1 fully saturated rings. The molecule has 12 heteroatoms. The summed E-state index contributed by atoms with van der Waals surface area (Å²) in [6.45, 7) is 3.72. The number of piperazine rings is 1. The third-order valence-electron chi connectivity index (χ3n) is 4.91. The minimum absolute atomic E-state index is 0.0562. The number of amides is 2. The van der Waals surface area contributed by atoms with E-state index in [1.165, 1.54) is 27.9 Å². The van der Waals surface area contributed by atoms with E-state index in [0.717, 1.165) is 17.0 Å². The monoisotopic (exact) mass is 437 g/mol. The number of benzene rings is 1. The van der Waals surface area contributed by atoms with E-state index >= 15 is 0 Å². The van der Waals surface area contributed by atoms with Gasteiger partial charge < -0.3 is 19.7 Å². The average molecular weight is 437 g/mol. The first-order valence-electron chi connectivity index (χ1n) is 9.43. The first-order chi connectivity index (χ1) is 14.5. The molecule has 0 N–H and O–H groups in total. The highest BCUT2D eigenvalue weighted by molar-refractivity contribution is 5.92. The molecule has 1 atom stereocenters. The van der Waals surface area contributed by atoms with Crippen LogP contribution in [0.4, 0.5) is 18.0 Å². The van der Waals surface area contributed by atoms with Crippen LogP contribution in [0, 0.1) is 6.92 Å². The van der Waals surface area contributed by atoms with Crippen LogP contribution in [-0.4, -0.2) is 67.7 Å². The molecule has 31 heavy (non-hydrogen) atoms. The molecule has 166 valence electrons. The number of hydrogen-bond donors (Lipinski definition) is 0. The van der Waals surface area contributed by atoms with Crippen LogP contribution in [0.2, 0.25) is 0 Å². The zero-order valence-corrected chi connectivity index (χ0v) is 16.8. The van der Waals surface area contributed by atoms with Crippen LogP contribution >= 0.6 is 0 Å². The Morgan fingerprint density at radius 2 is 2.03 bits per heavy atom. The molecular weight excluding hydrogens is 417 g/mol. The van der Waals surface area contributed by atoms with Gasteiger partial charge in [0.15, 0.2) is 5.82 Å². The van der Waals surface area contributed by atoms with Crippen LogP contribution < -0.4 is 5.11 Å². The van der Waals surface area contributed by atoms with E-state index in [0.29, 0.717) is 11.4 Å². The van der Waals surface area contributed by atoms with Crippen LogP contribution in [-0.2, 0) is 17.5 Å². The van der Waals surface area contributed by atoms with E-state index in [9.17, 15) is 27.9 Å². The van der Waals surface area contributed by atoms with Crippen molar-refractivity contribution in [2.45, 2.75) is 32.6 Å². The Balaban J connectivity index is 1.81. The van der Waals surface area contributed by atoms with Gasteiger partial charge in [0.2, 0.25) is 5.91 Å². The van der Waals surface area contributed by atoms with Gasteiger partial charge in [0.25, 0.3) is 0 Å². The number of carbonyl (C=O) groups is 2. The van der Waals surface area contributed by atoms with E-state index < -0.39 is 17.8 Å². The van der Waals surface area contributed by atoms with Crippen molar-refractivity contribution >= 4 is 18.1 Å². The molecule has 0 saturated carbocycles. The molecule has 0 radical (unpaired) electrons. The second kappa shape index (κ2) is 8.74. The molecule has 0 bridgehead atoms. The van der Waals surface area contributed by atoms with E-state index in [1.807, 2.05) is 0 Å². The van der Waals surface area contributed by atoms with E-state index in [1.54, 1.807) is 13.8 Å². The Labute approximate surface area is 175 Å². The van der Waals surface area contributed by atoms with Crippen molar-refractivity contribution in [3.63, 3.8) is 0 Å². The zero-order valence-electron chi connectivity index (χ0n) is 16.8. The number of nitrogens with zero attached hydrogens (tertiary/aromatic N) is 6. The van der Waals surface area contributed by atoms with Gasteiger partial charge in [-0.1, -0.05) is 6.07 Å². The summed E-state index contributed by atoms with van der Waals surface area (Å²) in [6.07, 6.45) is -3.12. The molecule has 2 aromatic rings. The Morgan fingerprint density at radius 1 is 1.29 bits per heavy atom. The van der Waals surface area contributed by atoms with Gasteiger partial charge in [-0.15, -0.1) is 10.2 Å². The van der Waals surface area contributed by atoms with E-state index in [4.69, 9.17) is 0 Å². The fraction of sp³-hybridized carbons (Fsp3) is 0.421. The fourth-order valence-corrected chi connectivity index (χ4v) is 3.33. The quantitative estimate of drug-likeness (QED) is 0.659. The van der Waals surface area contributed by atoms with Crippen molar-refractivity contribution in [3.8, 4) is 0 Å². The lowest BCUT2D eigenvalue weighted by atomic mass is 10.0. The van der Waals surface area contributed by atoms with Gasteiger partial charge in [0, 0.05) is 31.8 Å². The SMILES string of the molecule is Cc1nnn(Cc2cc(C(F)(F)F)ccc2C=CC(=O)N2CCN(C(=O)[O-])CC2C)n1. The highest BCUT2D eigenvalue weighted by Crippen LogP contribution is 2.31. The van der Waals surface area contributed by atoms with Gasteiger partial charge in [-0.05, 0) is 48.4 Å². The average Bonchev–Trinajstić information content (AvgIpc) is 3.10. The Morgan fingerprint density at radius 3 is 2.61 bits per heavy atom. The molecule has 0 spiro atoms. The molecule has 1 unspecified atom stereocenters. The molecule has 2 amide bonds. The lowest BCUT2D eigenvalue weighted by Gasteiger charge is -2.40. The highest BCUT2D eigenvalue weighted by Gasteiger charge is 2.31. The molecule has 1 saturated heterocycles. The number of carboxylic acid groups (broad SMARTS) is 1. The Bertz CT molecular complexity index is 1000. The maximum absolute atomic E-state index is 13.2. The molecule has 1 aliphatic heterocycles. The van der Waals surface area contributed by atoms with Crippen LogP contribution in [0.5, 0.6) is 0 Å². The molecular formula is C19H20F3N6O3-. The summed E-state index contributed by atoms with van der Waals surface area (Å²) in [4.78, 5) is 27.4. The van der Waals surface area contributed by atoms with Crippen molar-refractivity contribution in [2.75, 3.05) is 19.6 Å². The zero-order chi connectivity index (χ0) is 22.8. The van der Waals surface area contributed by atoms with Crippen LogP contribution in [0.15, 0.2) is 24.3 Å². The molecule has 1 aromatic carbocycles. The van der Waals surface area contributed by atoms with Gasteiger partial charge in [-0.25, -0.2) is 0 Å². The molecule has 9 nitrogen and oxygen atoms in total. The maximum atomic E-state index is 13.2. The number of carbonyl (C=O) groups excluding carboxylic acids is 2. The summed E-state index contributed by atoms with van der Waals surface area (Å²) in [7, 11) is 0. The number of rotatable bonds is 4. The van der Waals surface area contributed by atoms with E-state index in [-0.39, 0.29) is 43.7 Å².